The molecule has 1 nitrogen and oxygen atoms in total. The molecule has 0 amide bonds. The second-order valence-electron chi connectivity index (χ2n) is 2.92. The van der Waals surface area contributed by atoms with Crippen LogP contribution < -0.4 is 4.90 Å². The number of nitrogens with zero attached hydrogens (tertiary/aromatic N) is 1. The highest BCUT2D eigenvalue weighted by Crippen LogP contribution is 2.13. The van der Waals surface area contributed by atoms with Gasteiger partial charge in [-0.05, 0) is 24.1 Å². The van der Waals surface area contributed by atoms with Crippen LogP contribution in [0, 0.1) is 0 Å². The predicted octanol–water partition coefficient (Wildman–Crippen LogP) is 4.37. The van der Waals surface area contributed by atoms with Gasteiger partial charge in [-0.15, -0.1) is 0 Å². The van der Waals surface area contributed by atoms with Gasteiger partial charge in [-0.3, -0.25) is 0 Å². The summed E-state index contributed by atoms with van der Waals surface area (Å²) >= 11 is 0. The fourth-order valence-electron chi connectivity index (χ4n) is 1.05. The predicted molar refractivity (Wildman–Crippen MR) is 72.8 cm³/mol. The second-order valence-corrected chi connectivity index (χ2v) is 2.92. The molecule has 15 heavy (non-hydrogen) atoms. The summed E-state index contributed by atoms with van der Waals surface area (Å²) in [7, 11) is 4.13. The largest absolute Gasteiger partial charge is 0.378 e. The van der Waals surface area contributed by atoms with Gasteiger partial charge < -0.3 is 4.90 Å². The van der Waals surface area contributed by atoms with Gasteiger partial charge in [-0.2, -0.15) is 0 Å². The van der Waals surface area contributed by atoms with E-state index in [0.717, 1.165) is 6.42 Å². The molecule has 0 bridgehead atoms. The quantitative estimate of drug-likeness (QED) is 0.699. The molecular formula is C14H27N. The smallest absolute Gasteiger partial charge is 0.0363 e. The lowest BCUT2D eigenvalue weighted by Gasteiger charge is -2.12. The summed E-state index contributed by atoms with van der Waals surface area (Å²) < 4.78 is 0. The zero-order valence-corrected chi connectivity index (χ0v) is 11.5. The van der Waals surface area contributed by atoms with E-state index in [2.05, 4.69) is 50.2 Å². The van der Waals surface area contributed by atoms with Crippen LogP contribution in [0.1, 0.15) is 40.2 Å². The van der Waals surface area contributed by atoms with Gasteiger partial charge in [-0.1, -0.05) is 46.8 Å². The molecule has 1 aromatic carbocycles. The molecule has 0 heterocycles. The molecule has 1 rings (SSSR count). The van der Waals surface area contributed by atoms with E-state index in [9.17, 15) is 0 Å². The van der Waals surface area contributed by atoms with Crippen LogP contribution in [0.15, 0.2) is 24.3 Å². The molecule has 0 radical (unpaired) electrons. The van der Waals surface area contributed by atoms with Crippen molar-refractivity contribution in [3.05, 3.63) is 29.8 Å². The molecule has 0 N–H and O–H groups in total. The van der Waals surface area contributed by atoms with Crippen LogP contribution in [-0.4, -0.2) is 14.1 Å². The first-order chi connectivity index (χ1) is 7.24. The fraction of sp³-hybridized carbons (Fsp3) is 0.571. The molecular weight excluding hydrogens is 182 g/mol. The van der Waals surface area contributed by atoms with Crippen molar-refractivity contribution in [2.45, 2.75) is 41.0 Å². The number of anilines is 1. The van der Waals surface area contributed by atoms with Crippen LogP contribution in [-0.2, 0) is 6.42 Å². The van der Waals surface area contributed by atoms with Gasteiger partial charge >= 0.3 is 0 Å². The monoisotopic (exact) mass is 209 g/mol. The average molecular weight is 209 g/mol. The summed E-state index contributed by atoms with van der Waals surface area (Å²) in [5, 5.41) is 0. The Morgan fingerprint density at radius 1 is 1.00 bits per heavy atom. The minimum atomic E-state index is 1.11. The summed E-state index contributed by atoms with van der Waals surface area (Å²) in [5.41, 5.74) is 2.68. The van der Waals surface area contributed by atoms with E-state index in [0.29, 0.717) is 0 Å². The molecule has 88 valence electrons. The van der Waals surface area contributed by atoms with Crippen molar-refractivity contribution < 1.29 is 0 Å². The van der Waals surface area contributed by atoms with Crippen molar-refractivity contribution in [3.8, 4) is 0 Å². The van der Waals surface area contributed by atoms with Gasteiger partial charge in [0, 0.05) is 19.8 Å². The van der Waals surface area contributed by atoms with Gasteiger partial charge in [0.25, 0.3) is 0 Å². The molecule has 0 aromatic heterocycles. The van der Waals surface area contributed by atoms with E-state index in [1.54, 1.807) is 0 Å². The highest BCUT2D eigenvalue weighted by atomic mass is 15.1. The summed E-state index contributed by atoms with van der Waals surface area (Å²) in [6, 6.07) is 8.61. The van der Waals surface area contributed by atoms with Crippen molar-refractivity contribution in [3.63, 3.8) is 0 Å². The number of aryl methyl sites for hydroxylation is 1. The van der Waals surface area contributed by atoms with Crippen molar-refractivity contribution in [1.82, 2.24) is 0 Å². The number of hydrogen-bond donors (Lipinski definition) is 0. The number of hydrogen-bond acceptors (Lipinski definition) is 1. The Balaban J connectivity index is 0. The molecule has 0 saturated heterocycles. The lowest BCUT2D eigenvalue weighted by atomic mass is 10.1. The van der Waals surface area contributed by atoms with Crippen molar-refractivity contribution in [2.24, 2.45) is 0 Å². The Hall–Kier alpha value is -0.980. The molecule has 0 spiro atoms. The zero-order chi connectivity index (χ0) is 12.3. The van der Waals surface area contributed by atoms with Crippen LogP contribution in [0.25, 0.3) is 0 Å². The number of benzene rings is 1. The Bertz CT molecular complexity index is 229. The van der Waals surface area contributed by atoms with Crippen molar-refractivity contribution >= 4 is 5.69 Å². The molecule has 0 aliphatic rings. The molecule has 0 unspecified atom stereocenters. The van der Waals surface area contributed by atoms with Crippen LogP contribution in [0.5, 0.6) is 0 Å². The summed E-state index contributed by atoms with van der Waals surface area (Å²) in [6.07, 6.45) is 1.11. The van der Waals surface area contributed by atoms with Crippen molar-refractivity contribution in [2.75, 3.05) is 19.0 Å². The SMILES string of the molecule is CC.CC.CCc1cccc(N(C)C)c1. The van der Waals surface area contributed by atoms with Gasteiger partial charge in [0.05, 0.1) is 0 Å². The molecule has 1 aromatic rings. The van der Waals surface area contributed by atoms with Crippen LogP contribution >= 0.6 is 0 Å². The van der Waals surface area contributed by atoms with Gasteiger partial charge in [0.2, 0.25) is 0 Å². The van der Waals surface area contributed by atoms with Crippen LogP contribution in [0.3, 0.4) is 0 Å². The Morgan fingerprint density at radius 2 is 1.53 bits per heavy atom. The van der Waals surface area contributed by atoms with E-state index in [1.165, 1.54) is 11.3 Å². The first-order valence-corrected chi connectivity index (χ1v) is 6.00. The lowest BCUT2D eigenvalue weighted by molar-refractivity contribution is 1.10. The molecule has 0 saturated carbocycles. The minimum absolute atomic E-state index is 1.11. The molecule has 0 fully saturated rings. The van der Waals surface area contributed by atoms with Gasteiger partial charge in [0.15, 0.2) is 0 Å². The Kier molecular flexibility index (Phi) is 12.2. The van der Waals surface area contributed by atoms with Crippen LogP contribution in [0.4, 0.5) is 5.69 Å². The third kappa shape index (κ3) is 7.01. The topological polar surface area (TPSA) is 3.24 Å². The first-order valence-electron chi connectivity index (χ1n) is 6.00. The molecule has 0 aliphatic heterocycles. The van der Waals surface area contributed by atoms with E-state index in [4.69, 9.17) is 0 Å². The fourth-order valence-corrected chi connectivity index (χ4v) is 1.05. The van der Waals surface area contributed by atoms with Crippen LogP contribution in [0.2, 0.25) is 0 Å². The summed E-state index contributed by atoms with van der Waals surface area (Å²) in [6.45, 7) is 10.2. The molecule has 1 heteroatoms. The van der Waals surface area contributed by atoms with Gasteiger partial charge in [-0.25, -0.2) is 0 Å². The van der Waals surface area contributed by atoms with Crippen molar-refractivity contribution in [1.29, 1.82) is 0 Å². The highest BCUT2D eigenvalue weighted by Gasteiger charge is 1.94. The lowest BCUT2D eigenvalue weighted by Crippen LogP contribution is -2.08. The minimum Gasteiger partial charge on any atom is -0.378 e. The van der Waals surface area contributed by atoms with Gasteiger partial charge in [0.1, 0.15) is 0 Å². The zero-order valence-electron chi connectivity index (χ0n) is 11.5. The maximum Gasteiger partial charge on any atom is 0.0363 e. The first kappa shape index (κ1) is 16.4. The highest BCUT2D eigenvalue weighted by molar-refractivity contribution is 5.46. The van der Waals surface area contributed by atoms with E-state index < -0.39 is 0 Å². The Morgan fingerprint density at radius 3 is 1.93 bits per heavy atom. The normalized spacial score (nSPS) is 7.93. The maximum atomic E-state index is 2.22. The second kappa shape index (κ2) is 11.1. The summed E-state index contributed by atoms with van der Waals surface area (Å²) in [5.74, 6) is 0. The summed E-state index contributed by atoms with van der Waals surface area (Å²) in [4.78, 5) is 2.12. The third-order valence-corrected chi connectivity index (χ3v) is 1.84. The van der Waals surface area contributed by atoms with E-state index >= 15 is 0 Å². The standard InChI is InChI=1S/C10H15N.2C2H6/c1-4-9-6-5-7-10(8-9)11(2)3;2*1-2/h5-8H,4H2,1-3H3;2*1-2H3. The third-order valence-electron chi connectivity index (χ3n) is 1.84. The molecule has 0 aliphatic carbocycles. The molecule has 0 atom stereocenters. The number of rotatable bonds is 2. The van der Waals surface area contributed by atoms with E-state index in [-0.39, 0.29) is 0 Å². The van der Waals surface area contributed by atoms with E-state index in [1.807, 2.05) is 27.7 Å². The maximum absolute atomic E-state index is 2.22. The Labute approximate surface area is 96.1 Å². The average Bonchev–Trinajstić information content (AvgIpc) is 2.34.